The molecular weight excluding hydrogens is 464 g/mol. The zero-order valence-electron chi connectivity index (χ0n) is 27.3. The van der Waals surface area contributed by atoms with E-state index >= 15 is 0 Å². The van der Waals surface area contributed by atoms with Gasteiger partial charge in [-0.2, -0.15) is 0 Å². The lowest BCUT2D eigenvalue weighted by molar-refractivity contribution is -0.113. The van der Waals surface area contributed by atoms with Gasteiger partial charge in [-0.25, -0.2) is 0 Å². The standard InChI is InChI=1S/C36H70O2/c1-32(2)25-20-16-12-8-10-14-18-22-29-37-36(31-35(7)28-24-27-34(5)6)38-30-23-19-15-11-9-13-17-21-26-33(3)4/h27,31-33,36H,8-26,28-30H2,1-7H3. The first-order valence-electron chi connectivity index (χ1n) is 16.8. The molecule has 0 aliphatic rings. The Morgan fingerprint density at radius 2 is 0.895 bits per heavy atom. The molecule has 0 saturated carbocycles. The van der Waals surface area contributed by atoms with E-state index in [9.17, 15) is 0 Å². The molecule has 0 rings (SSSR count). The molecule has 0 radical (unpaired) electrons. The minimum atomic E-state index is -0.177. The normalized spacial score (nSPS) is 12.3. The predicted octanol–water partition coefficient (Wildman–Crippen LogP) is 12.4. The molecule has 2 heteroatoms. The fraction of sp³-hybridized carbons (Fsp3) is 0.889. The molecule has 0 aliphatic carbocycles. The summed E-state index contributed by atoms with van der Waals surface area (Å²) < 4.78 is 12.4. The van der Waals surface area contributed by atoms with Crippen molar-refractivity contribution in [2.24, 2.45) is 11.8 Å². The predicted molar refractivity (Wildman–Crippen MR) is 171 cm³/mol. The highest BCUT2D eigenvalue weighted by molar-refractivity contribution is 5.03. The van der Waals surface area contributed by atoms with Crippen molar-refractivity contribution in [3.05, 3.63) is 23.3 Å². The number of hydrogen-bond donors (Lipinski definition) is 0. The molecule has 0 saturated heterocycles. The van der Waals surface area contributed by atoms with Gasteiger partial charge >= 0.3 is 0 Å². The van der Waals surface area contributed by atoms with Crippen LogP contribution >= 0.6 is 0 Å². The van der Waals surface area contributed by atoms with Crippen molar-refractivity contribution < 1.29 is 9.47 Å². The van der Waals surface area contributed by atoms with Gasteiger partial charge in [-0.15, -0.1) is 0 Å². The van der Waals surface area contributed by atoms with E-state index in [0.29, 0.717) is 0 Å². The van der Waals surface area contributed by atoms with E-state index in [2.05, 4.69) is 60.6 Å². The molecule has 0 atom stereocenters. The van der Waals surface area contributed by atoms with Crippen LogP contribution in [0.3, 0.4) is 0 Å². The highest BCUT2D eigenvalue weighted by atomic mass is 16.7. The Kier molecular flexibility index (Phi) is 27.5. The molecule has 0 aromatic carbocycles. The van der Waals surface area contributed by atoms with Crippen LogP contribution in [0.25, 0.3) is 0 Å². The van der Waals surface area contributed by atoms with Crippen molar-refractivity contribution in [3.8, 4) is 0 Å². The number of allylic oxidation sites excluding steroid dienone is 3. The van der Waals surface area contributed by atoms with Gasteiger partial charge in [0.2, 0.25) is 0 Å². The van der Waals surface area contributed by atoms with Gasteiger partial charge in [0.05, 0.1) is 13.2 Å². The Morgan fingerprint density at radius 1 is 0.526 bits per heavy atom. The number of hydrogen-bond acceptors (Lipinski definition) is 2. The fourth-order valence-corrected chi connectivity index (χ4v) is 4.88. The van der Waals surface area contributed by atoms with Crippen LogP contribution in [-0.2, 0) is 9.47 Å². The third-order valence-electron chi connectivity index (χ3n) is 7.43. The highest BCUT2D eigenvalue weighted by Crippen LogP contribution is 2.15. The lowest BCUT2D eigenvalue weighted by Crippen LogP contribution is -2.17. The summed E-state index contributed by atoms with van der Waals surface area (Å²) >= 11 is 0. The van der Waals surface area contributed by atoms with Crippen molar-refractivity contribution in [1.82, 2.24) is 0 Å². The van der Waals surface area contributed by atoms with Crippen LogP contribution in [0.5, 0.6) is 0 Å². The minimum Gasteiger partial charge on any atom is -0.349 e. The number of ether oxygens (including phenoxy) is 2. The molecule has 0 fully saturated rings. The van der Waals surface area contributed by atoms with Gasteiger partial charge in [0.15, 0.2) is 6.29 Å². The SMILES string of the molecule is CC(C)=CCCC(C)=CC(OCCCCCCCCCCC(C)C)OCCCCCCCCCCC(C)C. The second-order valence-electron chi connectivity index (χ2n) is 13.0. The van der Waals surface area contributed by atoms with E-state index in [1.807, 2.05) is 0 Å². The molecule has 2 nitrogen and oxygen atoms in total. The molecule has 0 N–H and O–H groups in total. The Hall–Kier alpha value is -0.600. The summed E-state index contributed by atoms with van der Waals surface area (Å²) in [6, 6.07) is 0. The molecular formula is C36H70O2. The minimum absolute atomic E-state index is 0.177. The Morgan fingerprint density at radius 3 is 1.26 bits per heavy atom. The lowest BCUT2D eigenvalue weighted by Gasteiger charge is -2.17. The van der Waals surface area contributed by atoms with Gasteiger partial charge in [0.1, 0.15) is 0 Å². The maximum Gasteiger partial charge on any atom is 0.177 e. The van der Waals surface area contributed by atoms with Crippen LogP contribution in [0.15, 0.2) is 23.3 Å². The van der Waals surface area contributed by atoms with Gasteiger partial charge in [-0.3, -0.25) is 0 Å². The van der Waals surface area contributed by atoms with E-state index in [4.69, 9.17) is 9.47 Å². The molecule has 0 spiro atoms. The summed E-state index contributed by atoms with van der Waals surface area (Å²) in [5, 5.41) is 0. The Balaban J connectivity index is 4.07. The molecule has 0 amide bonds. The molecule has 0 heterocycles. The highest BCUT2D eigenvalue weighted by Gasteiger charge is 2.07. The topological polar surface area (TPSA) is 18.5 Å². The molecule has 226 valence electrons. The second-order valence-corrected chi connectivity index (χ2v) is 13.0. The monoisotopic (exact) mass is 535 g/mol. The summed E-state index contributed by atoms with van der Waals surface area (Å²) in [4.78, 5) is 0. The van der Waals surface area contributed by atoms with E-state index in [1.54, 1.807) is 0 Å². The van der Waals surface area contributed by atoms with Crippen molar-refractivity contribution in [2.75, 3.05) is 13.2 Å². The van der Waals surface area contributed by atoms with Crippen molar-refractivity contribution >= 4 is 0 Å². The Bertz CT molecular complexity index is 512. The average Bonchev–Trinajstić information content (AvgIpc) is 2.84. The maximum atomic E-state index is 6.21. The summed E-state index contributed by atoms with van der Waals surface area (Å²) in [6.07, 6.45) is 30.9. The van der Waals surface area contributed by atoms with Crippen LogP contribution in [0.1, 0.15) is 177 Å². The second kappa shape index (κ2) is 27.9. The van der Waals surface area contributed by atoms with E-state index < -0.39 is 0 Å². The van der Waals surface area contributed by atoms with Gasteiger partial charge in [-0.1, -0.05) is 148 Å². The number of unbranched alkanes of at least 4 members (excludes halogenated alkanes) is 14. The van der Waals surface area contributed by atoms with Crippen LogP contribution in [0, 0.1) is 11.8 Å². The molecule has 38 heavy (non-hydrogen) atoms. The van der Waals surface area contributed by atoms with Crippen molar-refractivity contribution in [2.45, 2.75) is 183 Å². The van der Waals surface area contributed by atoms with Crippen LogP contribution in [0.4, 0.5) is 0 Å². The van der Waals surface area contributed by atoms with Crippen molar-refractivity contribution in [3.63, 3.8) is 0 Å². The third-order valence-corrected chi connectivity index (χ3v) is 7.43. The Labute approximate surface area is 240 Å². The van der Waals surface area contributed by atoms with Gasteiger partial charge in [-0.05, 0) is 64.4 Å². The van der Waals surface area contributed by atoms with Gasteiger partial charge in [0, 0.05) is 0 Å². The molecule has 0 unspecified atom stereocenters. The molecule has 0 aromatic heterocycles. The zero-order valence-corrected chi connectivity index (χ0v) is 27.3. The first-order chi connectivity index (χ1) is 18.3. The van der Waals surface area contributed by atoms with Gasteiger partial charge in [0.25, 0.3) is 0 Å². The maximum absolute atomic E-state index is 6.21. The molecule has 0 aliphatic heterocycles. The number of rotatable bonds is 28. The van der Waals surface area contributed by atoms with Crippen LogP contribution in [-0.4, -0.2) is 19.5 Å². The lowest BCUT2D eigenvalue weighted by atomic mass is 10.0. The van der Waals surface area contributed by atoms with E-state index in [-0.39, 0.29) is 6.29 Å². The summed E-state index contributed by atoms with van der Waals surface area (Å²) in [5.41, 5.74) is 2.77. The molecule has 0 bridgehead atoms. The van der Waals surface area contributed by atoms with Crippen LogP contribution < -0.4 is 0 Å². The summed E-state index contributed by atoms with van der Waals surface area (Å²) in [7, 11) is 0. The smallest absolute Gasteiger partial charge is 0.177 e. The van der Waals surface area contributed by atoms with Crippen molar-refractivity contribution in [1.29, 1.82) is 0 Å². The van der Waals surface area contributed by atoms with E-state index in [0.717, 1.165) is 50.7 Å². The third kappa shape index (κ3) is 29.9. The largest absolute Gasteiger partial charge is 0.349 e. The van der Waals surface area contributed by atoms with Gasteiger partial charge < -0.3 is 9.47 Å². The summed E-state index contributed by atoms with van der Waals surface area (Å²) in [6.45, 7) is 17.5. The van der Waals surface area contributed by atoms with Crippen LogP contribution in [0.2, 0.25) is 0 Å². The first kappa shape index (κ1) is 37.4. The molecule has 0 aromatic rings. The van der Waals surface area contributed by atoms with E-state index in [1.165, 1.54) is 114 Å². The average molecular weight is 535 g/mol. The first-order valence-corrected chi connectivity index (χ1v) is 16.8. The zero-order chi connectivity index (χ0) is 28.3. The quantitative estimate of drug-likeness (QED) is 0.0564. The fourth-order valence-electron chi connectivity index (χ4n) is 4.88. The summed E-state index contributed by atoms with van der Waals surface area (Å²) in [5.74, 6) is 1.72.